The molecule has 2 rings (SSSR count). The first-order valence-corrected chi connectivity index (χ1v) is 7.26. The third-order valence-electron chi connectivity index (χ3n) is 2.80. The largest absolute Gasteiger partial charge is 0.493 e. The Morgan fingerprint density at radius 1 is 1.30 bits per heavy atom. The zero-order valence-corrected chi connectivity index (χ0v) is 13.2. The molecule has 1 N–H and O–H groups in total. The monoisotopic (exact) mass is 339 g/mol. The molecule has 0 aliphatic rings. The normalized spacial score (nSPS) is 10.6. The van der Waals surface area contributed by atoms with E-state index >= 15 is 0 Å². The quantitative estimate of drug-likeness (QED) is 0.834. The van der Waals surface area contributed by atoms with Gasteiger partial charge in [0, 0.05) is 16.6 Å². The highest BCUT2D eigenvalue weighted by molar-refractivity contribution is 9.10. The molecule has 0 atom stereocenters. The van der Waals surface area contributed by atoms with Crippen molar-refractivity contribution >= 4 is 15.9 Å². The molecule has 20 heavy (non-hydrogen) atoms. The molecular formula is C15H18BrNO3. The smallest absolute Gasteiger partial charge is 0.165 e. The van der Waals surface area contributed by atoms with Gasteiger partial charge in [-0.25, -0.2) is 0 Å². The Bertz CT molecular complexity index is 540. The van der Waals surface area contributed by atoms with E-state index in [-0.39, 0.29) is 0 Å². The number of furan rings is 1. The van der Waals surface area contributed by atoms with Crippen LogP contribution in [-0.2, 0) is 13.1 Å². The van der Waals surface area contributed by atoms with Gasteiger partial charge in [-0.15, -0.1) is 0 Å². The van der Waals surface area contributed by atoms with E-state index in [4.69, 9.17) is 13.9 Å². The Labute approximate surface area is 127 Å². The van der Waals surface area contributed by atoms with Crippen LogP contribution < -0.4 is 14.8 Å². The van der Waals surface area contributed by atoms with E-state index in [9.17, 15) is 0 Å². The van der Waals surface area contributed by atoms with Gasteiger partial charge in [-0.2, -0.15) is 0 Å². The zero-order chi connectivity index (χ0) is 14.4. The fraction of sp³-hybridized carbons (Fsp3) is 0.333. The second kappa shape index (κ2) is 7.36. The average Bonchev–Trinajstić information content (AvgIpc) is 2.94. The van der Waals surface area contributed by atoms with Crippen LogP contribution in [0.25, 0.3) is 0 Å². The van der Waals surface area contributed by atoms with Crippen molar-refractivity contribution in [1.82, 2.24) is 5.32 Å². The third-order valence-corrected chi connectivity index (χ3v) is 3.26. The molecule has 0 unspecified atom stereocenters. The maximum absolute atomic E-state index is 5.69. The number of ether oxygens (including phenoxy) is 2. The van der Waals surface area contributed by atoms with Crippen LogP contribution in [-0.4, -0.2) is 13.7 Å². The van der Waals surface area contributed by atoms with Crippen LogP contribution in [0.5, 0.6) is 11.5 Å². The van der Waals surface area contributed by atoms with Crippen LogP contribution >= 0.6 is 15.9 Å². The minimum absolute atomic E-state index is 0.600. The highest BCUT2D eigenvalue weighted by Crippen LogP contribution is 2.34. The molecule has 2 aromatic rings. The first-order valence-electron chi connectivity index (χ1n) is 6.47. The van der Waals surface area contributed by atoms with Gasteiger partial charge in [0.1, 0.15) is 5.76 Å². The molecule has 4 nitrogen and oxygen atoms in total. The molecule has 0 fully saturated rings. The average molecular weight is 340 g/mol. The molecule has 0 aliphatic heterocycles. The predicted octanol–water partition coefficient (Wildman–Crippen LogP) is 3.74. The fourth-order valence-electron chi connectivity index (χ4n) is 1.95. The number of hydrogen-bond donors (Lipinski definition) is 1. The molecule has 5 heteroatoms. The van der Waals surface area contributed by atoms with Gasteiger partial charge in [-0.05, 0) is 31.2 Å². The summed E-state index contributed by atoms with van der Waals surface area (Å²) in [5, 5.41) is 3.33. The topological polar surface area (TPSA) is 43.6 Å². The van der Waals surface area contributed by atoms with Gasteiger partial charge in [-0.1, -0.05) is 15.9 Å². The van der Waals surface area contributed by atoms with E-state index in [0.717, 1.165) is 27.3 Å². The van der Waals surface area contributed by atoms with E-state index < -0.39 is 0 Å². The minimum Gasteiger partial charge on any atom is -0.493 e. The Kier molecular flexibility index (Phi) is 5.49. The van der Waals surface area contributed by atoms with Crippen molar-refractivity contribution in [1.29, 1.82) is 0 Å². The van der Waals surface area contributed by atoms with Crippen molar-refractivity contribution in [2.24, 2.45) is 0 Å². The van der Waals surface area contributed by atoms with Gasteiger partial charge in [0.15, 0.2) is 11.5 Å². The number of hydrogen-bond acceptors (Lipinski definition) is 4. The van der Waals surface area contributed by atoms with Gasteiger partial charge in [0.05, 0.1) is 26.5 Å². The van der Waals surface area contributed by atoms with Gasteiger partial charge in [0.2, 0.25) is 0 Å². The highest BCUT2D eigenvalue weighted by atomic mass is 79.9. The van der Waals surface area contributed by atoms with Crippen LogP contribution in [0.1, 0.15) is 18.2 Å². The number of halogens is 1. The summed E-state index contributed by atoms with van der Waals surface area (Å²) in [4.78, 5) is 0. The summed E-state index contributed by atoms with van der Waals surface area (Å²) >= 11 is 3.49. The lowest BCUT2D eigenvalue weighted by Crippen LogP contribution is -2.13. The van der Waals surface area contributed by atoms with Gasteiger partial charge in [0.25, 0.3) is 0 Å². The molecule has 0 saturated heterocycles. The minimum atomic E-state index is 0.600. The van der Waals surface area contributed by atoms with Crippen molar-refractivity contribution in [3.8, 4) is 11.5 Å². The number of benzene rings is 1. The molecule has 1 heterocycles. The van der Waals surface area contributed by atoms with E-state index in [1.54, 1.807) is 13.4 Å². The second-order valence-corrected chi connectivity index (χ2v) is 5.13. The Morgan fingerprint density at radius 3 is 2.80 bits per heavy atom. The van der Waals surface area contributed by atoms with Crippen LogP contribution in [0.4, 0.5) is 0 Å². The van der Waals surface area contributed by atoms with Crippen molar-refractivity contribution < 1.29 is 13.9 Å². The summed E-state index contributed by atoms with van der Waals surface area (Å²) in [5.41, 5.74) is 1.05. The highest BCUT2D eigenvalue weighted by Gasteiger charge is 2.12. The molecule has 0 spiro atoms. The summed E-state index contributed by atoms with van der Waals surface area (Å²) in [5.74, 6) is 2.42. The first kappa shape index (κ1) is 14.9. The summed E-state index contributed by atoms with van der Waals surface area (Å²) in [6, 6.07) is 7.76. The summed E-state index contributed by atoms with van der Waals surface area (Å²) in [6.07, 6.45) is 1.67. The summed E-state index contributed by atoms with van der Waals surface area (Å²) in [7, 11) is 1.64. The molecule has 108 valence electrons. The number of methoxy groups -OCH3 is 1. The third kappa shape index (κ3) is 3.77. The van der Waals surface area contributed by atoms with Crippen molar-refractivity contribution in [2.75, 3.05) is 13.7 Å². The number of rotatable bonds is 7. The molecule has 0 amide bonds. The maximum atomic E-state index is 5.69. The summed E-state index contributed by atoms with van der Waals surface area (Å²) < 4.78 is 17.3. The lowest BCUT2D eigenvalue weighted by atomic mass is 10.2. The Hall–Kier alpha value is -1.46. The standard InChI is InChI=1S/C15H18BrNO3/c1-3-19-15-11(7-12(16)8-14(15)18-2)9-17-10-13-5-4-6-20-13/h4-8,17H,3,9-10H2,1-2H3. The van der Waals surface area contributed by atoms with Crippen molar-refractivity contribution in [3.05, 3.63) is 46.3 Å². The predicted molar refractivity (Wildman–Crippen MR) is 81.1 cm³/mol. The fourth-order valence-corrected chi connectivity index (χ4v) is 2.43. The molecule has 1 aromatic carbocycles. The lowest BCUT2D eigenvalue weighted by molar-refractivity contribution is 0.306. The van der Waals surface area contributed by atoms with E-state index in [1.807, 2.05) is 31.2 Å². The Balaban J connectivity index is 2.10. The van der Waals surface area contributed by atoms with Gasteiger partial charge < -0.3 is 19.2 Å². The van der Waals surface area contributed by atoms with Gasteiger partial charge in [-0.3, -0.25) is 0 Å². The van der Waals surface area contributed by atoms with E-state index in [1.165, 1.54) is 0 Å². The molecule has 0 bridgehead atoms. The van der Waals surface area contributed by atoms with Gasteiger partial charge >= 0.3 is 0 Å². The van der Waals surface area contributed by atoms with Crippen molar-refractivity contribution in [3.63, 3.8) is 0 Å². The molecule has 0 radical (unpaired) electrons. The SMILES string of the molecule is CCOc1c(CNCc2ccco2)cc(Br)cc1OC. The molecular weight excluding hydrogens is 322 g/mol. The lowest BCUT2D eigenvalue weighted by Gasteiger charge is -2.15. The molecule has 0 saturated carbocycles. The molecule has 0 aliphatic carbocycles. The van der Waals surface area contributed by atoms with Crippen LogP contribution in [0, 0.1) is 0 Å². The van der Waals surface area contributed by atoms with Crippen LogP contribution in [0.15, 0.2) is 39.4 Å². The van der Waals surface area contributed by atoms with Crippen LogP contribution in [0.2, 0.25) is 0 Å². The molecule has 1 aromatic heterocycles. The number of nitrogens with one attached hydrogen (secondary N) is 1. The van der Waals surface area contributed by atoms with E-state index in [2.05, 4.69) is 21.2 Å². The maximum Gasteiger partial charge on any atom is 0.165 e. The van der Waals surface area contributed by atoms with E-state index in [0.29, 0.717) is 19.7 Å². The first-order chi connectivity index (χ1) is 9.74. The zero-order valence-electron chi connectivity index (χ0n) is 11.6. The van der Waals surface area contributed by atoms with Crippen molar-refractivity contribution in [2.45, 2.75) is 20.0 Å². The summed E-state index contributed by atoms with van der Waals surface area (Å²) in [6.45, 7) is 3.91. The Morgan fingerprint density at radius 2 is 2.15 bits per heavy atom. The second-order valence-electron chi connectivity index (χ2n) is 4.21. The van der Waals surface area contributed by atoms with Crippen LogP contribution in [0.3, 0.4) is 0 Å².